The van der Waals surface area contributed by atoms with Crippen molar-refractivity contribution in [3.63, 3.8) is 0 Å². The highest BCUT2D eigenvalue weighted by molar-refractivity contribution is 14.1. The van der Waals surface area contributed by atoms with Crippen molar-refractivity contribution in [1.82, 2.24) is 20.3 Å². The van der Waals surface area contributed by atoms with E-state index in [1.54, 1.807) is 6.33 Å². The van der Waals surface area contributed by atoms with Crippen LogP contribution < -0.4 is 11.1 Å². The summed E-state index contributed by atoms with van der Waals surface area (Å²) in [4.78, 5) is 16.2. The smallest absolute Gasteiger partial charge is 0.188 e. The molecule has 6 nitrogen and oxygen atoms in total. The molecule has 0 bridgehead atoms. The minimum absolute atomic E-state index is 0.267. The summed E-state index contributed by atoms with van der Waals surface area (Å²) in [5.74, 6) is 0.779. The number of aromatic nitrogens is 3. The molecule has 0 aliphatic rings. The standard InChI is InChI=1S/C22H26I2N6/c23-17-11-16(12-18(24)13-17)20(21-7-1-2-8-27-21)6-4-10-29-22(25)28-9-3-5-19-14-26-15-30-19/h1-2,7-8,11-15,20H,3-6,9-10H2,(H,26,30)(H3,25,28,29). The number of nitrogens with one attached hydrogen (secondary N) is 2. The Morgan fingerprint density at radius 3 is 2.70 bits per heavy atom. The predicted molar refractivity (Wildman–Crippen MR) is 139 cm³/mol. The van der Waals surface area contributed by atoms with Gasteiger partial charge in [0.15, 0.2) is 5.96 Å². The summed E-state index contributed by atoms with van der Waals surface area (Å²) < 4.78 is 2.50. The first-order chi connectivity index (χ1) is 14.6. The van der Waals surface area contributed by atoms with Crippen LogP contribution in [0.25, 0.3) is 0 Å². The van der Waals surface area contributed by atoms with Crippen molar-refractivity contribution in [1.29, 1.82) is 0 Å². The van der Waals surface area contributed by atoms with Crippen LogP contribution in [0.15, 0.2) is 60.1 Å². The second-order valence-electron chi connectivity index (χ2n) is 7.03. The molecule has 158 valence electrons. The Morgan fingerprint density at radius 2 is 2.00 bits per heavy atom. The van der Waals surface area contributed by atoms with Crippen molar-refractivity contribution in [2.45, 2.75) is 31.6 Å². The zero-order valence-electron chi connectivity index (χ0n) is 16.7. The number of benzene rings is 1. The number of aryl methyl sites for hydroxylation is 1. The highest BCUT2D eigenvalue weighted by Crippen LogP contribution is 2.30. The van der Waals surface area contributed by atoms with Gasteiger partial charge in [0.1, 0.15) is 0 Å². The molecule has 0 fully saturated rings. The molecule has 0 saturated carbocycles. The van der Waals surface area contributed by atoms with Crippen LogP contribution in [0.4, 0.5) is 0 Å². The maximum absolute atomic E-state index is 6.02. The van der Waals surface area contributed by atoms with Gasteiger partial charge in [0, 0.05) is 49.9 Å². The summed E-state index contributed by atoms with van der Waals surface area (Å²) in [6.45, 7) is 1.50. The van der Waals surface area contributed by atoms with Crippen LogP contribution in [0, 0.1) is 7.14 Å². The van der Waals surface area contributed by atoms with Gasteiger partial charge in [0.25, 0.3) is 0 Å². The third kappa shape index (κ3) is 7.53. The van der Waals surface area contributed by atoms with Crippen LogP contribution in [0.1, 0.15) is 42.1 Å². The van der Waals surface area contributed by atoms with Crippen molar-refractivity contribution in [2.75, 3.05) is 13.1 Å². The normalized spacial score (nSPS) is 12.7. The molecule has 0 saturated heterocycles. The van der Waals surface area contributed by atoms with Gasteiger partial charge in [-0.2, -0.15) is 0 Å². The molecule has 0 aliphatic carbocycles. The zero-order chi connectivity index (χ0) is 21.2. The van der Waals surface area contributed by atoms with Gasteiger partial charge in [-0.3, -0.25) is 9.98 Å². The molecule has 0 aliphatic heterocycles. The third-order valence-electron chi connectivity index (χ3n) is 4.75. The summed E-state index contributed by atoms with van der Waals surface area (Å²) in [6.07, 6.45) is 9.26. The van der Waals surface area contributed by atoms with E-state index >= 15 is 0 Å². The van der Waals surface area contributed by atoms with Gasteiger partial charge in [-0.1, -0.05) is 6.07 Å². The molecular weight excluding hydrogens is 602 g/mol. The van der Waals surface area contributed by atoms with Gasteiger partial charge in [-0.05, 0) is 107 Å². The van der Waals surface area contributed by atoms with Crippen LogP contribution in [0.5, 0.6) is 0 Å². The molecule has 30 heavy (non-hydrogen) atoms. The van der Waals surface area contributed by atoms with E-state index in [9.17, 15) is 0 Å². The van der Waals surface area contributed by atoms with Gasteiger partial charge in [0.05, 0.1) is 6.33 Å². The Hall–Kier alpha value is -1.69. The zero-order valence-corrected chi connectivity index (χ0v) is 21.0. The fraction of sp³-hybridized carbons (Fsp3) is 0.318. The number of aliphatic imine (C=N–C) groups is 1. The van der Waals surface area contributed by atoms with Crippen LogP contribution in [-0.4, -0.2) is 34.0 Å². The Bertz CT molecular complexity index is 908. The minimum Gasteiger partial charge on any atom is -0.370 e. The molecule has 1 unspecified atom stereocenters. The first kappa shape index (κ1) is 23.0. The Balaban J connectivity index is 1.50. The summed E-state index contributed by atoms with van der Waals surface area (Å²) >= 11 is 4.76. The monoisotopic (exact) mass is 628 g/mol. The lowest BCUT2D eigenvalue weighted by atomic mass is 9.91. The maximum Gasteiger partial charge on any atom is 0.188 e. The Morgan fingerprint density at radius 1 is 1.17 bits per heavy atom. The molecule has 3 aromatic rings. The number of halogens is 2. The topological polar surface area (TPSA) is 92.0 Å². The lowest BCUT2D eigenvalue weighted by Gasteiger charge is -2.18. The van der Waals surface area contributed by atoms with E-state index in [1.807, 2.05) is 18.5 Å². The SMILES string of the molecule is NC(=NCCCc1cnc[nH]1)NCCCC(c1cc(I)cc(I)c1)c1ccccn1. The summed E-state index contributed by atoms with van der Waals surface area (Å²) in [6, 6.07) is 12.8. The molecule has 8 heteroatoms. The van der Waals surface area contributed by atoms with E-state index in [2.05, 4.69) is 101 Å². The molecule has 0 spiro atoms. The minimum atomic E-state index is 0.267. The van der Waals surface area contributed by atoms with Crippen molar-refractivity contribution in [2.24, 2.45) is 10.7 Å². The third-order valence-corrected chi connectivity index (χ3v) is 5.99. The first-order valence-corrected chi connectivity index (χ1v) is 12.2. The van der Waals surface area contributed by atoms with Crippen LogP contribution in [-0.2, 0) is 6.42 Å². The van der Waals surface area contributed by atoms with Gasteiger partial charge < -0.3 is 16.0 Å². The lowest BCUT2D eigenvalue weighted by molar-refractivity contribution is 0.634. The summed E-state index contributed by atoms with van der Waals surface area (Å²) in [5.41, 5.74) is 9.56. The molecule has 2 aromatic heterocycles. The number of hydrogen-bond acceptors (Lipinski definition) is 3. The van der Waals surface area contributed by atoms with E-state index in [-0.39, 0.29) is 5.92 Å². The van der Waals surface area contributed by atoms with E-state index in [0.717, 1.165) is 43.6 Å². The molecule has 3 rings (SSSR count). The average molecular weight is 628 g/mol. The molecule has 1 aromatic carbocycles. The summed E-state index contributed by atoms with van der Waals surface area (Å²) in [7, 11) is 0. The second kappa shape index (κ2) is 12.2. The fourth-order valence-corrected chi connectivity index (χ4v) is 5.30. The predicted octanol–water partition coefficient (Wildman–Crippen LogP) is 4.46. The Labute approximate surface area is 204 Å². The Kier molecular flexibility index (Phi) is 9.37. The van der Waals surface area contributed by atoms with Crippen LogP contribution in [0.3, 0.4) is 0 Å². The van der Waals surface area contributed by atoms with Crippen LogP contribution >= 0.6 is 45.2 Å². The number of guanidine groups is 1. The number of H-pyrrole nitrogens is 1. The van der Waals surface area contributed by atoms with Crippen molar-refractivity contribution in [3.05, 3.63) is 79.2 Å². The molecular formula is C22H26I2N6. The number of hydrogen-bond donors (Lipinski definition) is 3. The first-order valence-electron chi connectivity index (χ1n) is 10.00. The molecule has 4 N–H and O–H groups in total. The average Bonchev–Trinajstić information content (AvgIpc) is 3.25. The second-order valence-corrected chi connectivity index (χ2v) is 9.52. The number of nitrogens with two attached hydrogens (primary N) is 1. The van der Waals surface area contributed by atoms with Gasteiger partial charge in [-0.15, -0.1) is 0 Å². The number of pyridine rings is 1. The van der Waals surface area contributed by atoms with E-state index in [4.69, 9.17) is 5.73 Å². The quantitative estimate of drug-likeness (QED) is 0.134. The number of rotatable bonds is 10. The number of aromatic amines is 1. The molecule has 2 heterocycles. The van der Waals surface area contributed by atoms with Crippen molar-refractivity contribution < 1.29 is 0 Å². The van der Waals surface area contributed by atoms with Crippen LogP contribution in [0.2, 0.25) is 0 Å². The molecule has 1 atom stereocenters. The fourth-order valence-electron chi connectivity index (χ4n) is 3.31. The molecule has 0 radical (unpaired) electrons. The highest BCUT2D eigenvalue weighted by Gasteiger charge is 2.16. The van der Waals surface area contributed by atoms with E-state index in [0.29, 0.717) is 12.5 Å². The van der Waals surface area contributed by atoms with Crippen molar-refractivity contribution >= 4 is 51.1 Å². The van der Waals surface area contributed by atoms with E-state index < -0.39 is 0 Å². The lowest BCUT2D eigenvalue weighted by Crippen LogP contribution is -2.32. The molecule has 0 amide bonds. The van der Waals surface area contributed by atoms with Crippen molar-refractivity contribution in [3.8, 4) is 0 Å². The van der Waals surface area contributed by atoms with Gasteiger partial charge >= 0.3 is 0 Å². The largest absolute Gasteiger partial charge is 0.370 e. The summed E-state index contributed by atoms with van der Waals surface area (Å²) in [5, 5.41) is 3.24. The van der Waals surface area contributed by atoms with Gasteiger partial charge in [0.2, 0.25) is 0 Å². The number of nitrogens with zero attached hydrogens (tertiary/aromatic N) is 3. The van der Waals surface area contributed by atoms with E-state index in [1.165, 1.54) is 12.7 Å². The van der Waals surface area contributed by atoms with Gasteiger partial charge in [-0.25, -0.2) is 4.98 Å². The maximum atomic E-state index is 6.02. The highest BCUT2D eigenvalue weighted by atomic mass is 127. The number of imidazole rings is 1.